The Balaban J connectivity index is 2.01. The zero-order valence-electron chi connectivity index (χ0n) is 12.2. The predicted octanol–water partition coefficient (Wildman–Crippen LogP) is 4.02. The molecule has 116 valence electrons. The molecule has 0 heterocycles. The minimum atomic E-state index is -0.693. The molecular formula is C16H16F2N2OS. The van der Waals surface area contributed by atoms with Gasteiger partial charge in [0.2, 0.25) is 0 Å². The lowest BCUT2D eigenvalue weighted by Crippen LogP contribution is -2.31. The number of halogens is 2. The number of thiocarbonyl (C=S) groups is 1. The Kier molecular flexibility index (Phi) is 5.27. The van der Waals surface area contributed by atoms with Gasteiger partial charge < -0.3 is 15.4 Å². The van der Waals surface area contributed by atoms with Crippen molar-refractivity contribution in [3.8, 4) is 5.75 Å². The molecule has 0 saturated carbocycles. The maximum atomic E-state index is 13.6. The highest BCUT2D eigenvalue weighted by Crippen LogP contribution is 2.20. The zero-order valence-corrected chi connectivity index (χ0v) is 13.0. The maximum absolute atomic E-state index is 13.6. The summed E-state index contributed by atoms with van der Waals surface area (Å²) < 4.78 is 32.2. The van der Waals surface area contributed by atoms with Crippen molar-refractivity contribution in [2.24, 2.45) is 0 Å². The molecule has 0 bridgehead atoms. The van der Waals surface area contributed by atoms with E-state index in [0.29, 0.717) is 0 Å². The van der Waals surface area contributed by atoms with E-state index in [1.807, 2.05) is 31.2 Å². The minimum Gasteiger partial charge on any atom is -0.497 e. The van der Waals surface area contributed by atoms with Crippen LogP contribution in [0.1, 0.15) is 18.5 Å². The van der Waals surface area contributed by atoms with Gasteiger partial charge in [0, 0.05) is 0 Å². The Bertz CT molecular complexity index is 641. The van der Waals surface area contributed by atoms with E-state index in [9.17, 15) is 8.78 Å². The van der Waals surface area contributed by atoms with Crippen LogP contribution < -0.4 is 15.4 Å². The lowest BCUT2D eigenvalue weighted by molar-refractivity contribution is 0.414. The Morgan fingerprint density at radius 2 is 1.68 bits per heavy atom. The summed E-state index contributed by atoms with van der Waals surface area (Å²) in [4.78, 5) is 0. The van der Waals surface area contributed by atoms with E-state index < -0.39 is 11.6 Å². The predicted molar refractivity (Wildman–Crippen MR) is 87.1 cm³/mol. The van der Waals surface area contributed by atoms with Crippen LogP contribution >= 0.6 is 12.2 Å². The number of hydrogen-bond donors (Lipinski definition) is 2. The first kappa shape index (κ1) is 16.2. The van der Waals surface area contributed by atoms with E-state index in [-0.39, 0.29) is 16.8 Å². The van der Waals surface area contributed by atoms with E-state index >= 15 is 0 Å². The summed E-state index contributed by atoms with van der Waals surface area (Å²) in [6, 6.07) is 11.0. The summed E-state index contributed by atoms with van der Waals surface area (Å²) in [6.07, 6.45) is 0. The first-order chi connectivity index (χ1) is 10.5. The number of para-hydroxylation sites is 1. The molecule has 6 heteroatoms. The van der Waals surface area contributed by atoms with Gasteiger partial charge in [-0.2, -0.15) is 0 Å². The van der Waals surface area contributed by atoms with Crippen LogP contribution in [0.5, 0.6) is 5.75 Å². The van der Waals surface area contributed by atoms with Gasteiger partial charge in [-0.1, -0.05) is 18.2 Å². The van der Waals surface area contributed by atoms with E-state index in [0.717, 1.165) is 11.3 Å². The molecule has 0 aliphatic heterocycles. The highest BCUT2D eigenvalue weighted by Gasteiger charge is 2.12. The molecule has 0 aliphatic carbocycles. The maximum Gasteiger partial charge on any atom is 0.171 e. The van der Waals surface area contributed by atoms with Crippen LogP contribution in [0.15, 0.2) is 42.5 Å². The summed E-state index contributed by atoms with van der Waals surface area (Å²) in [5.74, 6) is -0.632. The topological polar surface area (TPSA) is 33.3 Å². The van der Waals surface area contributed by atoms with Gasteiger partial charge in [0.1, 0.15) is 23.1 Å². The van der Waals surface area contributed by atoms with Gasteiger partial charge >= 0.3 is 0 Å². The summed E-state index contributed by atoms with van der Waals surface area (Å²) in [5.41, 5.74) is 0.709. The monoisotopic (exact) mass is 322 g/mol. The number of nitrogens with one attached hydrogen (secondary N) is 2. The molecule has 2 aromatic rings. The second-order valence-electron chi connectivity index (χ2n) is 4.69. The van der Waals surface area contributed by atoms with Gasteiger partial charge in [0.15, 0.2) is 5.11 Å². The Morgan fingerprint density at radius 1 is 1.09 bits per heavy atom. The number of hydrogen-bond acceptors (Lipinski definition) is 2. The Hall–Kier alpha value is -2.21. The molecule has 0 saturated heterocycles. The molecule has 2 aromatic carbocycles. The molecule has 0 spiro atoms. The summed E-state index contributed by atoms with van der Waals surface area (Å²) in [5, 5.41) is 5.68. The third kappa shape index (κ3) is 3.92. The molecule has 1 atom stereocenters. The molecule has 0 aliphatic rings. The van der Waals surface area contributed by atoms with Gasteiger partial charge in [-0.25, -0.2) is 8.78 Å². The van der Waals surface area contributed by atoms with Gasteiger partial charge in [-0.15, -0.1) is 0 Å². The van der Waals surface area contributed by atoms with Crippen LogP contribution in [0, 0.1) is 11.6 Å². The van der Waals surface area contributed by atoms with Crippen molar-refractivity contribution < 1.29 is 13.5 Å². The van der Waals surface area contributed by atoms with Gasteiger partial charge in [0.05, 0.1) is 13.2 Å². The van der Waals surface area contributed by atoms with Crippen molar-refractivity contribution >= 4 is 23.0 Å². The average Bonchev–Trinajstić information content (AvgIpc) is 2.51. The molecule has 3 nitrogen and oxygen atoms in total. The lowest BCUT2D eigenvalue weighted by atomic mass is 10.1. The van der Waals surface area contributed by atoms with Gasteiger partial charge in [-0.05, 0) is 49.0 Å². The molecule has 0 amide bonds. The van der Waals surface area contributed by atoms with Gasteiger partial charge in [-0.3, -0.25) is 0 Å². The van der Waals surface area contributed by atoms with Crippen LogP contribution in [0.2, 0.25) is 0 Å². The Morgan fingerprint density at radius 3 is 2.23 bits per heavy atom. The molecular weight excluding hydrogens is 306 g/mol. The van der Waals surface area contributed by atoms with Crippen molar-refractivity contribution in [2.45, 2.75) is 13.0 Å². The van der Waals surface area contributed by atoms with Crippen LogP contribution in [0.4, 0.5) is 14.5 Å². The summed E-state index contributed by atoms with van der Waals surface area (Å²) >= 11 is 5.10. The fourth-order valence-electron chi connectivity index (χ4n) is 1.94. The van der Waals surface area contributed by atoms with Crippen molar-refractivity contribution in [3.63, 3.8) is 0 Å². The fourth-order valence-corrected chi connectivity index (χ4v) is 2.22. The number of rotatable bonds is 4. The standard InChI is InChI=1S/C16H16F2N2OS/c1-10(11-6-8-12(21-2)9-7-11)19-16(22)20-15-13(17)4-3-5-14(15)18/h3-10H,1-2H3,(H2,19,20,22). The largest absolute Gasteiger partial charge is 0.497 e. The van der Waals surface area contributed by atoms with E-state index in [1.54, 1.807) is 7.11 Å². The first-order valence-corrected chi connectivity index (χ1v) is 7.07. The smallest absolute Gasteiger partial charge is 0.171 e. The van der Waals surface area contributed by atoms with Crippen molar-refractivity contribution in [1.82, 2.24) is 5.32 Å². The summed E-state index contributed by atoms with van der Waals surface area (Å²) in [7, 11) is 1.60. The van der Waals surface area contributed by atoms with E-state index in [4.69, 9.17) is 17.0 Å². The minimum absolute atomic E-state index is 0.124. The van der Waals surface area contributed by atoms with Gasteiger partial charge in [0.25, 0.3) is 0 Å². The second kappa shape index (κ2) is 7.17. The molecule has 0 aromatic heterocycles. The van der Waals surface area contributed by atoms with Crippen LogP contribution in [-0.2, 0) is 0 Å². The Labute approximate surface area is 133 Å². The molecule has 1 unspecified atom stereocenters. The molecule has 2 N–H and O–H groups in total. The number of anilines is 1. The third-order valence-electron chi connectivity index (χ3n) is 3.16. The van der Waals surface area contributed by atoms with Crippen LogP contribution in [-0.4, -0.2) is 12.2 Å². The SMILES string of the molecule is COc1ccc(C(C)NC(=S)Nc2c(F)cccc2F)cc1. The molecule has 0 radical (unpaired) electrons. The van der Waals surface area contributed by atoms with Crippen molar-refractivity contribution in [2.75, 3.05) is 12.4 Å². The second-order valence-corrected chi connectivity index (χ2v) is 5.10. The summed E-state index contributed by atoms with van der Waals surface area (Å²) in [6.45, 7) is 1.90. The number of ether oxygens (including phenoxy) is 1. The third-order valence-corrected chi connectivity index (χ3v) is 3.38. The number of methoxy groups -OCH3 is 1. The average molecular weight is 322 g/mol. The molecule has 0 fully saturated rings. The first-order valence-electron chi connectivity index (χ1n) is 6.66. The highest BCUT2D eigenvalue weighted by atomic mass is 32.1. The normalized spacial score (nSPS) is 11.6. The van der Waals surface area contributed by atoms with Crippen LogP contribution in [0.25, 0.3) is 0 Å². The zero-order chi connectivity index (χ0) is 16.1. The fraction of sp³-hybridized carbons (Fsp3) is 0.188. The highest BCUT2D eigenvalue weighted by molar-refractivity contribution is 7.80. The molecule has 2 rings (SSSR count). The number of benzene rings is 2. The molecule has 22 heavy (non-hydrogen) atoms. The quantitative estimate of drug-likeness (QED) is 0.833. The lowest BCUT2D eigenvalue weighted by Gasteiger charge is -2.18. The van der Waals surface area contributed by atoms with Crippen molar-refractivity contribution in [3.05, 3.63) is 59.7 Å². The van der Waals surface area contributed by atoms with Crippen LogP contribution in [0.3, 0.4) is 0 Å². The van der Waals surface area contributed by atoms with Crippen molar-refractivity contribution in [1.29, 1.82) is 0 Å². The van der Waals surface area contributed by atoms with E-state index in [1.165, 1.54) is 18.2 Å². The van der Waals surface area contributed by atoms with E-state index in [2.05, 4.69) is 10.6 Å².